The second kappa shape index (κ2) is 11.4. The van der Waals surface area contributed by atoms with E-state index in [1.54, 1.807) is 25.1 Å². The number of alkyl halides is 1. The Labute approximate surface area is 200 Å². The lowest BCUT2D eigenvalue weighted by molar-refractivity contribution is 0.171. The lowest BCUT2D eigenvalue weighted by atomic mass is 9.68. The molecule has 2 saturated carbocycles. The fourth-order valence-corrected chi connectivity index (χ4v) is 6.00. The van der Waals surface area contributed by atoms with Gasteiger partial charge in [-0.15, -0.1) is 0 Å². The molecular formula is C29H34F4O. The maximum atomic E-state index is 15.1. The fourth-order valence-electron chi connectivity index (χ4n) is 6.00. The van der Waals surface area contributed by atoms with E-state index in [2.05, 4.69) is 0 Å². The summed E-state index contributed by atoms with van der Waals surface area (Å²) in [5.41, 5.74) is 1.04. The number of rotatable bonds is 7. The molecule has 0 heterocycles. The van der Waals surface area contributed by atoms with Crippen molar-refractivity contribution in [1.82, 2.24) is 0 Å². The van der Waals surface area contributed by atoms with Crippen molar-refractivity contribution in [1.29, 1.82) is 0 Å². The summed E-state index contributed by atoms with van der Waals surface area (Å²) in [7, 11) is 0. The van der Waals surface area contributed by atoms with Crippen molar-refractivity contribution in [2.75, 3.05) is 13.3 Å². The van der Waals surface area contributed by atoms with Gasteiger partial charge in [-0.3, -0.25) is 0 Å². The van der Waals surface area contributed by atoms with Crippen LogP contribution < -0.4 is 4.74 Å². The van der Waals surface area contributed by atoms with Crippen LogP contribution in [-0.2, 0) is 0 Å². The highest BCUT2D eigenvalue weighted by atomic mass is 19.2. The van der Waals surface area contributed by atoms with Gasteiger partial charge in [0.2, 0.25) is 5.82 Å². The maximum absolute atomic E-state index is 15.1. The molecule has 0 aromatic heterocycles. The van der Waals surface area contributed by atoms with Crippen LogP contribution in [0.2, 0.25) is 0 Å². The van der Waals surface area contributed by atoms with Crippen molar-refractivity contribution in [2.45, 2.75) is 64.2 Å². The summed E-state index contributed by atoms with van der Waals surface area (Å²) in [4.78, 5) is 0. The molecule has 4 rings (SSSR count). The molecule has 0 unspecified atom stereocenters. The van der Waals surface area contributed by atoms with Gasteiger partial charge in [0.1, 0.15) is 12.5 Å². The van der Waals surface area contributed by atoms with E-state index in [9.17, 15) is 13.2 Å². The highest BCUT2D eigenvalue weighted by Crippen LogP contribution is 2.45. The Morgan fingerprint density at radius 2 is 1.53 bits per heavy atom. The second-order valence-electron chi connectivity index (χ2n) is 9.78. The molecule has 2 fully saturated rings. The number of allylic oxidation sites excluding steroid dienone is 2. The van der Waals surface area contributed by atoms with Crippen molar-refractivity contribution in [3.63, 3.8) is 0 Å². The first-order chi connectivity index (χ1) is 16.5. The molecule has 0 amide bonds. The van der Waals surface area contributed by atoms with Gasteiger partial charge >= 0.3 is 0 Å². The average molecular weight is 475 g/mol. The first-order valence-electron chi connectivity index (χ1n) is 12.6. The van der Waals surface area contributed by atoms with Gasteiger partial charge in [0, 0.05) is 5.56 Å². The van der Waals surface area contributed by atoms with E-state index in [1.165, 1.54) is 31.0 Å². The number of hydrogen-bond acceptors (Lipinski definition) is 1. The molecule has 184 valence electrons. The van der Waals surface area contributed by atoms with Crippen molar-refractivity contribution < 1.29 is 22.3 Å². The van der Waals surface area contributed by atoms with Crippen molar-refractivity contribution in [2.24, 2.45) is 17.8 Å². The maximum Gasteiger partial charge on any atom is 0.201 e. The second-order valence-corrected chi connectivity index (χ2v) is 9.78. The molecular weight excluding hydrogens is 440 g/mol. The summed E-state index contributed by atoms with van der Waals surface area (Å²) < 4.78 is 61.4. The van der Waals surface area contributed by atoms with Crippen LogP contribution in [-0.4, -0.2) is 13.3 Å². The zero-order valence-corrected chi connectivity index (χ0v) is 19.8. The summed E-state index contributed by atoms with van der Waals surface area (Å²) in [5, 5.41) is 0. The topological polar surface area (TPSA) is 9.23 Å². The van der Waals surface area contributed by atoms with E-state index >= 15 is 4.39 Å². The zero-order valence-electron chi connectivity index (χ0n) is 19.8. The van der Waals surface area contributed by atoms with Gasteiger partial charge in [-0.05, 0) is 111 Å². The standard InChI is InChI=1S/C29H34F4O/c1-2-34-27-16-15-25(28(32)29(27)33)23-13-14-24(26(31)18-23)22-11-9-21(10-12-22)20-7-5-19(6-8-20)4-3-17-30/h3-4,13-16,18-22H,2,5-12,17H2,1H3. The minimum atomic E-state index is -1.05. The monoisotopic (exact) mass is 474 g/mol. The minimum Gasteiger partial charge on any atom is -0.491 e. The Balaban J connectivity index is 1.38. The van der Waals surface area contributed by atoms with Crippen LogP contribution in [0, 0.1) is 35.2 Å². The van der Waals surface area contributed by atoms with Crippen LogP contribution in [0.15, 0.2) is 42.5 Å². The third-order valence-electron chi connectivity index (χ3n) is 7.85. The summed E-state index contributed by atoms with van der Waals surface area (Å²) in [5.74, 6) is -0.465. The van der Waals surface area contributed by atoms with Crippen LogP contribution in [0.5, 0.6) is 5.75 Å². The molecule has 2 aliphatic rings. The average Bonchev–Trinajstić information content (AvgIpc) is 2.86. The van der Waals surface area contributed by atoms with E-state index in [0.29, 0.717) is 23.0 Å². The molecule has 34 heavy (non-hydrogen) atoms. The summed E-state index contributed by atoms with van der Waals surface area (Å²) in [6.45, 7) is 1.56. The Kier molecular flexibility index (Phi) is 8.33. The summed E-state index contributed by atoms with van der Waals surface area (Å²) >= 11 is 0. The van der Waals surface area contributed by atoms with Gasteiger partial charge in [0.05, 0.1) is 6.61 Å². The Morgan fingerprint density at radius 1 is 0.853 bits per heavy atom. The molecule has 2 aromatic rings. The summed E-state index contributed by atoms with van der Waals surface area (Å²) in [6, 6.07) is 7.58. The molecule has 0 radical (unpaired) electrons. The smallest absolute Gasteiger partial charge is 0.201 e. The molecule has 1 nitrogen and oxygen atoms in total. The van der Waals surface area contributed by atoms with Gasteiger partial charge < -0.3 is 4.74 Å². The molecule has 0 aliphatic heterocycles. The lowest BCUT2D eigenvalue weighted by Crippen LogP contribution is -2.25. The molecule has 0 atom stereocenters. The van der Waals surface area contributed by atoms with E-state index < -0.39 is 11.6 Å². The Morgan fingerprint density at radius 3 is 2.15 bits per heavy atom. The SMILES string of the molecule is CCOc1ccc(-c2ccc(C3CCC(C4CCC(C=CCF)CC4)CC3)c(F)c2)c(F)c1F. The first-order valence-corrected chi connectivity index (χ1v) is 12.6. The van der Waals surface area contributed by atoms with Crippen molar-refractivity contribution >= 4 is 0 Å². The molecule has 2 aromatic carbocycles. The fraction of sp³-hybridized carbons (Fsp3) is 0.517. The zero-order chi connectivity index (χ0) is 24.1. The van der Waals surface area contributed by atoms with E-state index in [4.69, 9.17) is 4.74 Å². The number of ether oxygens (including phenoxy) is 1. The number of halogens is 4. The molecule has 5 heteroatoms. The van der Waals surface area contributed by atoms with Gasteiger partial charge in [0.25, 0.3) is 0 Å². The first kappa shape index (κ1) is 24.8. The van der Waals surface area contributed by atoms with Crippen LogP contribution in [0.25, 0.3) is 11.1 Å². The normalized spacial score (nSPS) is 25.6. The molecule has 0 bridgehead atoms. The van der Waals surface area contributed by atoms with Crippen LogP contribution in [0.3, 0.4) is 0 Å². The third kappa shape index (κ3) is 5.50. The van der Waals surface area contributed by atoms with Gasteiger partial charge in [0.15, 0.2) is 11.6 Å². The Hall–Kier alpha value is -2.30. The van der Waals surface area contributed by atoms with Crippen LogP contribution in [0.4, 0.5) is 17.6 Å². The number of hydrogen-bond donors (Lipinski definition) is 0. The molecule has 0 saturated heterocycles. The van der Waals surface area contributed by atoms with Gasteiger partial charge in [-0.1, -0.05) is 24.3 Å². The van der Waals surface area contributed by atoms with Gasteiger partial charge in [-0.2, -0.15) is 4.39 Å². The van der Waals surface area contributed by atoms with Crippen LogP contribution >= 0.6 is 0 Å². The molecule has 0 N–H and O–H groups in total. The van der Waals surface area contributed by atoms with E-state index in [0.717, 1.165) is 44.4 Å². The van der Waals surface area contributed by atoms with Crippen LogP contribution in [0.1, 0.15) is 69.8 Å². The highest BCUT2D eigenvalue weighted by Gasteiger charge is 2.31. The summed E-state index contributed by atoms with van der Waals surface area (Å²) in [6.07, 6.45) is 12.4. The predicted octanol–water partition coefficient (Wildman–Crippen LogP) is 8.78. The quantitative estimate of drug-likeness (QED) is 0.288. The van der Waals surface area contributed by atoms with Gasteiger partial charge in [-0.25, -0.2) is 13.2 Å². The molecule has 2 aliphatic carbocycles. The minimum absolute atomic E-state index is 0.0343. The predicted molar refractivity (Wildman–Crippen MR) is 128 cm³/mol. The van der Waals surface area contributed by atoms with Crippen molar-refractivity contribution in [3.8, 4) is 16.9 Å². The number of benzene rings is 2. The third-order valence-corrected chi connectivity index (χ3v) is 7.85. The van der Waals surface area contributed by atoms with Crippen molar-refractivity contribution in [3.05, 3.63) is 65.5 Å². The van der Waals surface area contributed by atoms with E-state index in [-0.39, 0.29) is 36.3 Å². The van der Waals surface area contributed by atoms with E-state index in [1.807, 2.05) is 6.08 Å². The highest BCUT2D eigenvalue weighted by molar-refractivity contribution is 5.66. The lowest BCUT2D eigenvalue weighted by Gasteiger charge is -2.37. The molecule has 0 spiro atoms. The largest absolute Gasteiger partial charge is 0.491 e. The Bertz CT molecular complexity index is 986.